The minimum atomic E-state index is -1.18. The number of aliphatic hydroxyl groups is 2. The van der Waals surface area contributed by atoms with Gasteiger partial charge in [0.05, 0.1) is 32.8 Å². The molecule has 0 saturated carbocycles. The highest BCUT2D eigenvalue weighted by atomic mass is 16.5. The molecule has 4 unspecified atom stereocenters. The number of aldehydes is 1. The van der Waals surface area contributed by atoms with Gasteiger partial charge in [0, 0.05) is 36.2 Å². The predicted molar refractivity (Wildman–Crippen MR) is 184 cm³/mol. The first-order valence-electron chi connectivity index (χ1n) is 17.4. The average Bonchev–Trinajstić information content (AvgIpc) is 3.50. The molecule has 4 rings (SSSR count). The van der Waals surface area contributed by atoms with Crippen molar-refractivity contribution in [2.75, 3.05) is 33.9 Å². The van der Waals surface area contributed by atoms with E-state index in [4.69, 9.17) is 14.2 Å². The Kier molecular flexibility index (Phi) is 14.3. The molecule has 4 atom stereocenters. The summed E-state index contributed by atoms with van der Waals surface area (Å²) in [5, 5.41) is 24.1. The number of aliphatic hydroxyl groups excluding tert-OH is 2. The van der Waals surface area contributed by atoms with E-state index < -0.39 is 30.1 Å². The van der Waals surface area contributed by atoms with Gasteiger partial charge in [-0.2, -0.15) is 0 Å². The van der Waals surface area contributed by atoms with Crippen molar-refractivity contribution >= 4 is 18.1 Å². The van der Waals surface area contributed by atoms with Gasteiger partial charge in [-0.3, -0.25) is 14.4 Å². The highest BCUT2D eigenvalue weighted by Gasteiger charge is 2.51. The van der Waals surface area contributed by atoms with Crippen molar-refractivity contribution in [3.63, 3.8) is 0 Å². The molecule has 10 nitrogen and oxygen atoms in total. The zero-order valence-corrected chi connectivity index (χ0v) is 28.6. The number of benzene rings is 2. The maximum absolute atomic E-state index is 14.0. The minimum absolute atomic E-state index is 0.0310. The van der Waals surface area contributed by atoms with E-state index in [0.29, 0.717) is 59.6 Å². The Bertz CT molecular complexity index is 1410. The number of rotatable bonds is 20. The molecule has 2 aromatic rings. The molecule has 2 amide bonds. The number of methoxy groups -OCH3 is 2. The molecule has 2 aromatic carbocycles. The third kappa shape index (κ3) is 9.17. The Labute approximate surface area is 284 Å². The van der Waals surface area contributed by atoms with Crippen LogP contribution in [0.1, 0.15) is 98.5 Å². The number of amides is 2. The molecule has 2 aliphatic rings. The average molecular weight is 665 g/mol. The Morgan fingerprint density at radius 2 is 1.73 bits per heavy atom. The van der Waals surface area contributed by atoms with Crippen LogP contribution in [-0.4, -0.2) is 85.4 Å². The van der Waals surface area contributed by atoms with Gasteiger partial charge in [0.25, 0.3) is 0 Å². The summed E-state index contributed by atoms with van der Waals surface area (Å²) in [5.41, 5.74) is 2.17. The van der Waals surface area contributed by atoms with Crippen LogP contribution in [0.5, 0.6) is 17.2 Å². The van der Waals surface area contributed by atoms with Gasteiger partial charge >= 0.3 is 0 Å². The van der Waals surface area contributed by atoms with Crippen LogP contribution in [0, 0.1) is 0 Å². The van der Waals surface area contributed by atoms with E-state index in [1.165, 1.54) is 39.2 Å². The van der Waals surface area contributed by atoms with Gasteiger partial charge in [-0.05, 0) is 48.7 Å². The number of carbonyl (C=O) groups is 3. The molecule has 48 heavy (non-hydrogen) atoms. The second-order valence-electron chi connectivity index (χ2n) is 12.7. The van der Waals surface area contributed by atoms with Crippen molar-refractivity contribution in [3.8, 4) is 17.2 Å². The zero-order chi connectivity index (χ0) is 34.5. The lowest BCUT2D eigenvalue weighted by molar-refractivity contribution is -0.137. The molecule has 0 fully saturated rings. The largest absolute Gasteiger partial charge is 0.497 e. The highest BCUT2D eigenvalue weighted by Crippen LogP contribution is 2.51. The summed E-state index contributed by atoms with van der Waals surface area (Å²) in [6, 6.07) is 9.99. The second-order valence-corrected chi connectivity index (χ2v) is 12.7. The Morgan fingerprint density at radius 1 is 1.00 bits per heavy atom. The summed E-state index contributed by atoms with van der Waals surface area (Å²) in [6.45, 7) is 2.30. The summed E-state index contributed by atoms with van der Waals surface area (Å²) in [7, 11) is 3.07. The fraction of sp³-hybridized carbons (Fsp3) is 0.553. The number of nitrogens with zero attached hydrogens (tertiary/aromatic N) is 1. The summed E-state index contributed by atoms with van der Waals surface area (Å²) in [4.78, 5) is 41.1. The lowest BCUT2D eigenvalue weighted by Crippen LogP contribution is -2.56. The highest BCUT2D eigenvalue weighted by molar-refractivity contribution is 5.96. The van der Waals surface area contributed by atoms with Crippen LogP contribution in [0.25, 0.3) is 0 Å². The van der Waals surface area contributed by atoms with Gasteiger partial charge in [0.1, 0.15) is 24.2 Å². The number of nitrogens with one attached hydrogen (secondary N) is 1. The fourth-order valence-electron chi connectivity index (χ4n) is 6.81. The third-order valence-corrected chi connectivity index (χ3v) is 9.36. The topological polar surface area (TPSA) is 135 Å². The smallest absolute Gasteiger partial charge is 0.247 e. The molecule has 1 aliphatic heterocycles. The van der Waals surface area contributed by atoms with Gasteiger partial charge in [-0.15, -0.1) is 0 Å². The Balaban J connectivity index is 1.61. The molecular weight excluding hydrogens is 612 g/mol. The SMILES string of the molecule is CCCCCCCCCCCC(=O)N(CCc1cccc(OC)c1)C1C=C(C(=O)NCCO)C2c3cc(C=O)cc(OC)c3OC2C1O. The summed E-state index contributed by atoms with van der Waals surface area (Å²) < 4.78 is 17.3. The molecule has 0 bridgehead atoms. The van der Waals surface area contributed by atoms with Crippen molar-refractivity contribution in [1.82, 2.24) is 10.2 Å². The molecule has 3 N–H and O–H groups in total. The van der Waals surface area contributed by atoms with Crippen molar-refractivity contribution in [3.05, 3.63) is 64.7 Å². The quantitative estimate of drug-likeness (QED) is 0.131. The zero-order valence-electron chi connectivity index (χ0n) is 28.6. The van der Waals surface area contributed by atoms with Gasteiger partial charge in [0.15, 0.2) is 11.5 Å². The van der Waals surface area contributed by atoms with Crippen LogP contribution in [0.15, 0.2) is 48.0 Å². The molecule has 10 heteroatoms. The number of ether oxygens (including phenoxy) is 3. The molecule has 0 aromatic heterocycles. The van der Waals surface area contributed by atoms with Crippen LogP contribution < -0.4 is 19.5 Å². The Morgan fingerprint density at radius 3 is 2.40 bits per heavy atom. The van der Waals surface area contributed by atoms with E-state index in [9.17, 15) is 24.6 Å². The lowest BCUT2D eigenvalue weighted by Gasteiger charge is -2.41. The number of carbonyl (C=O) groups excluding carboxylic acids is 3. The van der Waals surface area contributed by atoms with Gasteiger partial charge < -0.3 is 34.6 Å². The van der Waals surface area contributed by atoms with E-state index >= 15 is 0 Å². The van der Waals surface area contributed by atoms with Gasteiger partial charge in [-0.1, -0.05) is 70.4 Å². The summed E-state index contributed by atoms with van der Waals surface area (Å²) in [5.74, 6) is 0.116. The molecule has 0 saturated heterocycles. The monoisotopic (exact) mass is 664 g/mol. The molecular formula is C38H52N2O8. The molecule has 1 aliphatic carbocycles. The first-order chi connectivity index (χ1) is 23.4. The van der Waals surface area contributed by atoms with Crippen molar-refractivity contribution in [2.24, 2.45) is 0 Å². The van der Waals surface area contributed by atoms with Crippen LogP contribution in [-0.2, 0) is 16.0 Å². The maximum atomic E-state index is 14.0. The van der Waals surface area contributed by atoms with E-state index in [0.717, 1.165) is 31.2 Å². The van der Waals surface area contributed by atoms with E-state index in [2.05, 4.69) is 12.2 Å². The van der Waals surface area contributed by atoms with Crippen LogP contribution >= 0.6 is 0 Å². The Hall–Kier alpha value is -3.89. The normalized spacial score (nSPS) is 19.4. The van der Waals surface area contributed by atoms with Gasteiger partial charge in [-0.25, -0.2) is 0 Å². The van der Waals surface area contributed by atoms with E-state index in [-0.39, 0.29) is 19.1 Å². The minimum Gasteiger partial charge on any atom is -0.497 e. The summed E-state index contributed by atoms with van der Waals surface area (Å²) in [6.07, 6.45) is 11.2. The number of hydrogen-bond acceptors (Lipinski definition) is 8. The third-order valence-electron chi connectivity index (χ3n) is 9.36. The van der Waals surface area contributed by atoms with E-state index in [1.54, 1.807) is 30.2 Å². The maximum Gasteiger partial charge on any atom is 0.247 e. The van der Waals surface area contributed by atoms with Crippen LogP contribution in [0.3, 0.4) is 0 Å². The number of hydrogen-bond donors (Lipinski definition) is 3. The second kappa shape index (κ2) is 18.6. The van der Waals surface area contributed by atoms with E-state index in [1.807, 2.05) is 24.3 Å². The first-order valence-corrected chi connectivity index (χ1v) is 17.4. The van der Waals surface area contributed by atoms with Gasteiger partial charge in [0.2, 0.25) is 11.8 Å². The molecule has 0 spiro atoms. The van der Waals surface area contributed by atoms with Crippen LogP contribution in [0.2, 0.25) is 0 Å². The fourth-order valence-corrected chi connectivity index (χ4v) is 6.81. The van der Waals surface area contributed by atoms with Crippen molar-refractivity contribution in [1.29, 1.82) is 0 Å². The first kappa shape index (κ1) is 36.9. The molecule has 262 valence electrons. The summed E-state index contributed by atoms with van der Waals surface area (Å²) >= 11 is 0. The molecule has 1 heterocycles. The predicted octanol–water partition coefficient (Wildman–Crippen LogP) is 5.13. The standard InChI is InChI=1S/C38H52N2O8/c1-4-5-6-7-8-9-10-11-12-16-33(43)40(19-17-26-14-13-15-28(21-26)46-2)31-24-30(38(45)39-18-20-41)34-29-22-27(25-42)23-32(47-3)36(29)48-37(34)35(31)44/h13-15,21-25,31,34-35,37,41,44H,4-12,16-20H2,1-3H3,(H,39,45). The number of fused-ring (bicyclic) bond motifs is 3. The lowest BCUT2D eigenvalue weighted by atomic mass is 9.77. The van der Waals surface area contributed by atoms with Crippen molar-refractivity contribution in [2.45, 2.75) is 102 Å². The number of unbranched alkanes of at least 4 members (excludes halogenated alkanes) is 8. The van der Waals surface area contributed by atoms with Crippen LogP contribution in [0.4, 0.5) is 0 Å². The van der Waals surface area contributed by atoms with Crippen molar-refractivity contribution < 1.29 is 38.8 Å². The molecule has 0 radical (unpaired) electrons.